The molecule has 0 spiro atoms. The van der Waals surface area contributed by atoms with E-state index in [1.165, 1.54) is 38.9 Å². The quantitative estimate of drug-likeness (QED) is 0.688. The van der Waals surface area contributed by atoms with Crippen molar-refractivity contribution in [2.24, 2.45) is 11.8 Å². The maximum absolute atomic E-state index is 5.38. The van der Waals surface area contributed by atoms with E-state index in [2.05, 4.69) is 10.2 Å². The van der Waals surface area contributed by atoms with Crippen molar-refractivity contribution in [2.75, 3.05) is 59.7 Å². The fourth-order valence-electron chi connectivity index (χ4n) is 3.01. The zero-order valence-corrected chi connectivity index (χ0v) is 11.7. The Morgan fingerprint density at radius 1 is 1.33 bits per heavy atom. The summed E-state index contributed by atoms with van der Waals surface area (Å²) in [5, 5.41) is 3.57. The third-order valence-electron chi connectivity index (χ3n) is 4.07. The number of nitrogens with zero attached hydrogens (tertiary/aromatic N) is 1. The van der Waals surface area contributed by atoms with Gasteiger partial charge in [-0.1, -0.05) is 0 Å². The molecule has 2 fully saturated rings. The molecule has 0 radical (unpaired) electrons. The van der Waals surface area contributed by atoms with E-state index >= 15 is 0 Å². The van der Waals surface area contributed by atoms with Crippen molar-refractivity contribution in [1.29, 1.82) is 0 Å². The molecule has 0 aromatic rings. The Morgan fingerprint density at radius 2 is 2.28 bits per heavy atom. The molecule has 0 aromatic carbocycles. The van der Waals surface area contributed by atoms with Gasteiger partial charge < -0.3 is 19.7 Å². The molecule has 0 aromatic heterocycles. The van der Waals surface area contributed by atoms with Crippen LogP contribution in [0.1, 0.15) is 19.3 Å². The Hall–Kier alpha value is -0.160. The first kappa shape index (κ1) is 14.3. The van der Waals surface area contributed by atoms with E-state index in [4.69, 9.17) is 9.47 Å². The second-order valence-corrected chi connectivity index (χ2v) is 5.70. The van der Waals surface area contributed by atoms with E-state index in [9.17, 15) is 0 Å². The highest BCUT2D eigenvalue weighted by atomic mass is 16.5. The summed E-state index contributed by atoms with van der Waals surface area (Å²) in [7, 11) is 1.81. The van der Waals surface area contributed by atoms with Crippen molar-refractivity contribution in [3.05, 3.63) is 0 Å². The summed E-state index contributed by atoms with van der Waals surface area (Å²) in [6.07, 6.45) is 3.88. The maximum atomic E-state index is 5.38. The van der Waals surface area contributed by atoms with Crippen molar-refractivity contribution in [3.63, 3.8) is 0 Å². The van der Waals surface area contributed by atoms with E-state index in [-0.39, 0.29) is 0 Å². The number of nitrogens with one attached hydrogen (secondary N) is 1. The third-order valence-corrected chi connectivity index (χ3v) is 4.07. The highest BCUT2D eigenvalue weighted by Crippen LogP contribution is 2.16. The highest BCUT2D eigenvalue weighted by molar-refractivity contribution is 4.74. The minimum absolute atomic E-state index is 0.743. The molecule has 2 heterocycles. The molecular formula is C14H28N2O2. The number of likely N-dealkylation sites (tertiary alicyclic amines) is 1. The lowest BCUT2D eigenvalue weighted by Gasteiger charge is -2.32. The lowest BCUT2D eigenvalue weighted by molar-refractivity contribution is 0.0909. The first-order valence-corrected chi connectivity index (χ1v) is 7.38. The zero-order chi connectivity index (χ0) is 12.6. The smallest absolute Gasteiger partial charge is 0.0507 e. The predicted octanol–water partition coefficient (Wildman–Crippen LogP) is 0.971. The molecule has 106 valence electrons. The van der Waals surface area contributed by atoms with Gasteiger partial charge in [0.15, 0.2) is 0 Å². The first-order valence-electron chi connectivity index (χ1n) is 7.38. The van der Waals surface area contributed by atoms with E-state index in [1.807, 2.05) is 7.11 Å². The normalized spacial score (nSPS) is 29.8. The average Bonchev–Trinajstić information content (AvgIpc) is 2.89. The van der Waals surface area contributed by atoms with E-state index in [1.54, 1.807) is 0 Å². The van der Waals surface area contributed by atoms with Crippen LogP contribution in [0.5, 0.6) is 0 Å². The molecule has 2 unspecified atom stereocenters. The highest BCUT2D eigenvalue weighted by Gasteiger charge is 2.19. The summed E-state index contributed by atoms with van der Waals surface area (Å²) in [6, 6.07) is 0. The monoisotopic (exact) mass is 256 g/mol. The molecule has 0 amide bonds. The van der Waals surface area contributed by atoms with Gasteiger partial charge in [-0.25, -0.2) is 0 Å². The Bertz CT molecular complexity index is 218. The summed E-state index contributed by atoms with van der Waals surface area (Å²) in [4.78, 5) is 2.57. The Morgan fingerprint density at radius 3 is 3.06 bits per heavy atom. The largest absolute Gasteiger partial charge is 0.384 e. The van der Waals surface area contributed by atoms with Gasteiger partial charge in [0.2, 0.25) is 0 Å². The van der Waals surface area contributed by atoms with Crippen LogP contribution in [0, 0.1) is 11.8 Å². The molecule has 2 rings (SSSR count). The molecule has 0 aliphatic carbocycles. The van der Waals surface area contributed by atoms with Gasteiger partial charge in [-0.15, -0.1) is 0 Å². The molecule has 2 aliphatic heterocycles. The van der Waals surface area contributed by atoms with Gasteiger partial charge >= 0.3 is 0 Å². The summed E-state index contributed by atoms with van der Waals surface area (Å²) in [6.45, 7) is 8.70. The number of hydrogen-bond acceptors (Lipinski definition) is 4. The molecule has 0 saturated carbocycles. The topological polar surface area (TPSA) is 33.7 Å². The van der Waals surface area contributed by atoms with Gasteiger partial charge in [0, 0.05) is 39.9 Å². The van der Waals surface area contributed by atoms with Gasteiger partial charge in [-0.2, -0.15) is 0 Å². The van der Waals surface area contributed by atoms with Crippen molar-refractivity contribution in [2.45, 2.75) is 19.3 Å². The maximum Gasteiger partial charge on any atom is 0.0507 e. The van der Waals surface area contributed by atoms with Crippen molar-refractivity contribution < 1.29 is 9.47 Å². The third kappa shape index (κ3) is 4.84. The second kappa shape index (κ2) is 8.10. The molecule has 2 atom stereocenters. The molecule has 0 bridgehead atoms. The van der Waals surface area contributed by atoms with Gasteiger partial charge in [-0.05, 0) is 37.6 Å². The number of hydrogen-bond donors (Lipinski definition) is 1. The fraction of sp³-hybridized carbons (Fsp3) is 1.00. The molecule has 2 saturated heterocycles. The SMILES string of the molecule is COCC1CCCN(CCNCC2CCOC2)C1. The van der Waals surface area contributed by atoms with Crippen LogP contribution in [-0.2, 0) is 9.47 Å². The first-order chi connectivity index (χ1) is 8.88. The Balaban J connectivity index is 1.52. The average molecular weight is 256 g/mol. The predicted molar refractivity (Wildman–Crippen MR) is 72.8 cm³/mol. The van der Waals surface area contributed by atoms with E-state index in [0.29, 0.717) is 0 Å². The Kier molecular flexibility index (Phi) is 6.41. The summed E-state index contributed by atoms with van der Waals surface area (Å²) < 4.78 is 10.6. The number of rotatable bonds is 7. The van der Waals surface area contributed by atoms with Crippen LogP contribution in [0.4, 0.5) is 0 Å². The molecule has 1 N–H and O–H groups in total. The molecule has 18 heavy (non-hydrogen) atoms. The molecular weight excluding hydrogens is 228 g/mol. The lowest BCUT2D eigenvalue weighted by atomic mass is 9.99. The van der Waals surface area contributed by atoms with E-state index < -0.39 is 0 Å². The van der Waals surface area contributed by atoms with Crippen LogP contribution < -0.4 is 5.32 Å². The van der Waals surface area contributed by atoms with Gasteiger partial charge in [0.1, 0.15) is 0 Å². The Labute approximate surface area is 111 Å². The van der Waals surface area contributed by atoms with Crippen LogP contribution in [0.15, 0.2) is 0 Å². The van der Waals surface area contributed by atoms with Gasteiger partial charge in [0.25, 0.3) is 0 Å². The number of methoxy groups -OCH3 is 1. The van der Waals surface area contributed by atoms with Crippen molar-refractivity contribution in [3.8, 4) is 0 Å². The molecule has 4 nitrogen and oxygen atoms in total. The van der Waals surface area contributed by atoms with E-state index in [0.717, 1.165) is 44.7 Å². The van der Waals surface area contributed by atoms with Crippen LogP contribution >= 0.6 is 0 Å². The van der Waals surface area contributed by atoms with Crippen LogP contribution in [-0.4, -0.2) is 64.6 Å². The van der Waals surface area contributed by atoms with Crippen LogP contribution in [0.3, 0.4) is 0 Å². The number of ether oxygens (including phenoxy) is 2. The lowest BCUT2D eigenvalue weighted by Crippen LogP contribution is -2.41. The summed E-state index contributed by atoms with van der Waals surface area (Å²) >= 11 is 0. The van der Waals surface area contributed by atoms with Gasteiger partial charge in [0.05, 0.1) is 13.2 Å². The van der Waals surface area contributed by atoms with Gasteiger partial charge in [-0.3, -0.25) is 0 Å². The van der Waals surface area contributed by atoms with Crippen LogP contribution in [0.25, 0.3) is 0 Å². The fourth-order valence-corrected chi connectivity index (χ4v) is 3.01. The standard InChI is InChI=1S/C14H28N2O2/c1-17-11-14-3-2-6-16(10-14)7-5-15-9-13-4-8-18-12-13/h13-15H,2-12H2,1H3. The number of piperidine rings is 1. The summed E-state index contributed by atoms with van der Waals surface area (Å²) in [5.74, 6) is 1.49. The van der Waals surface area contributed by atoms with Crippen LogP contribution in [0.2, 0.25) is 0 Å². The molecule has 2 aliphatic rings. The molecule has 4 heteroatoms. The minimum Gasteiger partial charge on any atom is -0.384 e. The zero-order valence-electron chi connectivity index (χ0n) is 11.7. The van der Waals surface area contributed by atoms with Crippen molar-refractivity contribution in [1.82, 2.24) is 10.2 Å². The summed E-state index contributed by atoms with van der Waals surface area (Å²) in [5.41, 5.74) is 0. The second-order valence-electron chi connectivity index (χ2n) is 5.70. The van der Waals surface area contributed by atoms with Crippen molar-refractivity contribution >= 4 is 0 Å². The minimum atomic E-state index is 0.743.